The Morgan fingerprint density at radius 3 is 2.94 bits per heavy atom. The third kappa shape index (κ3) is 2.95. The Balaban J connectivity index is 1.95. The molecule has 5 heteroatoms. The number of carbonyl (C=O) groups excluding carboxylic acids is 1. The maximum Gasteiger partial charge on any atom is 0.233 e. The van der Waals surface area contributed by atoms with Crippen LogP contribution in [0, 0.1) is 0 Å². The summed E-state index contributed by atoms with van der Waals surface area (Å²) in [5, 5.41) is 12.0. The summed E-state index contributed by atoms with van der Waals surface area (Å²) >= 11 is 0. The van der Waals surface area contributed by atoms with E-state index in [0.717, 1.165) is 5.56 Å². The average Bonchev–Trinajstić information content (AvgIpc) is 2.92. The number of amides is 1. The summed E-state index contributed by atoms with van der Waals surface area (Å²) in [6, 6.07) is 7.03. The van der Waals surface area contributed by atoms with Gasteiger partial charge in [0, 0.05) is 18.9 Å². The Hall–Kier alpha value is -2.14. The number of nitrogens with one attached hydrogen (secondary N) is 1. The summed E-state index contributed by atoms with van der Waals surface area (Å²) < 4.78 is 5.13. The van der Waals surface area contributed by atoms with Crippen molar-refractivity contribution in [2.75, 3.05) is 6.61 Å². The zero-order valence-corrected chi connectivity index (χ0v) is 9.74. The molecule has 0 aliphatic heterocycles. The van der Waals surface area contributed by atoms with Crippen molar-refractivity contribution in [2.24, 2.45) is 0 Å². The van der Waals surface area contributed by atoms with Crippen molar-refractivity contribution < 1.29 is 14.3 Å². The lowest BCUT2D eigenvalue weighted by Gasteiger charge is -2.11. The molecule has 0 saturated carbocycles. The number of furan rings is 1. The largest absolute Gasteiger partial charge is 0.468 e. The monoisotopic (exact) mass is 246 g/mol. The number of nitrogens with zero attached hydrogens (tertiary/aromatic N) is 1. The van der Waals surface area contributed by atoms with Gasteiger partial charge in [-0.2, -0.15) is 0 Å². The first-order chi connectivity index (χ1) is 8.81. The molecule has 18 heavy (non-hydrogen) atoms. The number of pyridine rings is 1. The zero-order chi connectivity index (χ0) is 12.8. The summed E-state index contributed by atoms with van der Waals surface area (Å²) in [5.41, 5.74) is 0.905. The molecule has 0 aliphatic rings. The van der Waals surface area contributed by atoms with E-state index < -0.39 is 5.92 Å². The molecule has 0 radical (unpaired) electrons. The van der Waals surface area contributed by atoms with E-state index >= 15 is 0 Å². The quantitative estimate of drug-likeness (QED) is 0.827. The summed E-state index contributed by atoms with van der Waals surface area (Å²) in [5.74, 6) is -0.478. The van der Waals surface area contributed by atoms with Crippen LogP contribution >= 0.6 is 0 Å². The molecule has 0 aliphatic carbocycles. The first-order valence-corrected chi connectivity index (χ1v) is 5.62. The van der Waals surface area contributed by atoms with E-state index in [1.165, 1.54) is 6.26 Å². The van der Waals surface area contributed by atoms with E-state index in [4.69, 9.17) is 4.42 Å². The maximum absolute atomic E-state index is 11.9. The molecular formula is C13H14N2O3. The normalized spacial score (nSPS) is 12.1. The second-order valence-corrected chi connectivity index (χ2v) is 3.83. The van der Waals surface area contributed by atoms with Crippen LogP contribution in [0.3, 0.4) is 0 Å². The number of aliphatic hydroxyl groups excluding tert-OH is 1. The van der Waals surface area contributed by atoms with Gasteiger partial charge in [-0.15, -0.1) is 0 Å². The second kappa shape index (κ2) is 5.97. The fraction of sp³-hybridized carbons (Fsp3) is 0.231. The first kappa shape index (κ1) is 12.3. The summed E-state index contributed by atoms with van der Waals surface area (Å²) in [7, 11) is 0. The van der Waals surface area contributed by atoms with Gasteiger partial charge in [0.05, 0.1) is 12.9 Å². The van der Waals surface area contributed by atoms with Gasteiger partial charge in [-0.3, -0.25) is 9.78 Å². The molecular weight excluding hydrogens is 232 g/mol. The minimum absolute atomic E-state index is 0.267. The Kier molecular flexibility index (Phi) is 4.09. The van der Waals surface area contributed by atoms with E-state index in [2.05, 4.69) is 10.3 Å². The molecule has 0 aromatic carbocycles. The van der Waals surface area contributed by atoms with Gasteiger partial charge in [0.25, 0.3) is 0 Å². The molecule has 0 saturated heterocycles. The van der Waals surface area contributed by atoms with Gasteiger partial charge in [-0.1, -0.05) is 6.07 Å². The van der Waals surface area contributed by atoms with Crippen molar-refractivity contribution in [2.45, 2.75) is 12.5 Å². The highest BCUT2D eigenvalue weighted by Crippen LogP contribution is 2.15. The molecule has 0 fully saturated rings. The van der Waals surface area contributed by atoms with E-state index in [-0.39, 0.29) is 12.5 Å². The lowest BCUT2D eigenvalue weighted by Crippen LogP contribution is -2.30. The molecule has 0 unspecified atom stereocenters. The number of rotatable bonds is 5. The Labute approximate surface area is 104 Å². The molecule has 2 rings (SSSR count). The van der Waals surface area contributed by atoms with Gasteiger partial charge < -0.3 is 14.8 Å². The SMILES string of the molecule is O=C(NCc1cccnc1)[C@@H](CO)c1ccco1. The third-order valence-electron chi connectivity index (χ3n) is 2.58. The predicted molar refractivity (Wildman–Crippen MR) is 64.6 cm³/mol. The van der Waals surface area contributed by atoms with Crippen molar-refractivity contribution in [3.05, 3.63) is 54.2 Å². The van der Waals surface area contributed by atoms with Crippen molar-refractivity contribution >= 4 is 5.91 Å². The van der Waals surface area contributed by atoms with Crippen LogP contribution in [0.25, 0.3) is 0 Å². The van der Waals surface area contributed by atoms with Crippen LogP contribution in [-0.2, 0) is 11.3 Å². The standard InChI is InChI=1S/C13H14N2O3/c16-9-11(12-4-2-6-18-12)13(17)15-8-10-3-1-5-14-7-10/h1-7,11,16H,8-9H2,(H,15,17)/t11-/m0/s1. The van der Waals surface area contributed by atoms with E-state index in [1.54, 1.807) is 30.6 Å². The van der Waals surface area contributed by atoms with E-state index in [0.29, 0.717) is 12.3 Å². The fourth-order valence-electron chi connectivity index (χ4n) is 1.61. The molecule has 0 bridgehead atoms. The number of aliphatic hydroxyl groups is 1. The molecule has 2 aromatic rings. The maximum atomic E-state index is 11.9. The molecule has 94 valence electrons. The van der Waals surface area contributed by atoms with Crippen LogP contribution in [0.1, 0.15) is 17.2 Å². The topological polar surface area (TPSA) is 75.4 Å². The van der Waals surface area contributed by atoms with Crippen LogP contribution in [0.2, 0.25) is 0 Å². The highest BCUT2D eigenvalue weighted by molar-refractivity contribution is 5.83. The zero-order valence-electron chi connectivity index (χ0n) is 9.74. The Bertz CT molecular complexity index is 482. The Morgan fingerprint density at radius 1 is 1.44 bits per heavy atom. The van der Waals surface area contributed by atoms with Crippen LogP contribution < -0.4 is 5.32 Å². The number of hydrogen-bond donors (Lipinski definition) is 2. The van der Waals surface area contributed by atoms with Gasteiger partial charge in [0.15, 0.2) is 0 Å². The van der Waals surface area contributed by atoms with Crippen LogP contribution in [0.5, 0.6) is 0 Å². The number of hydrogen-bond acceptors (Lipinski definition) is 4. The molecule has 2 heterocycles. The first-order valence-electron chi connectivity index (χ1n) is 5.62. The molecule has 2 aromatic heterocycles. The van der Waals surface area contributed by atoms with Gasteiger partial charge in [0.2, 0.25) is 5.91 Å². The van der Waals surface area contributed by atoms with E-state index in [1.807, 2.05) is 6.07 Å². The molecule has 2 N–H and O–H groups in total. The minimum Gasteiger partial charge on any atom is -0.468 e. The summed E-state index contributed by atoms with van der Waals surface area (Å²) in [6.45, 7) is 0.0935. The van der Waals surface area contributed by atoms with E-state index in [9.17, 15) is 9.90 Å². The van der Waals surface area contributed by atoms with Gasteiger partial charge in [-0.25, -0.2) is 0 Å². The second-order valence-electron chi connectivity index (χ2n) is 3.83. The Morgan fingerprint density at radius 2 is 2.33 bits per heavy atom. The highest BCUT2D eigenvalue weighted by atomic mass is 16.3. The van der Waals surface area contributed by atoms with Crippen LogP contribution in [0.15, 0.2) is 47.3 Å². The smallest absolute Gasteiger partial charge is 0.233 e. The number of carbonyl (C=O) groups is 1. The summed E-state index contributed by atoms with van der Waals surface area (Å²) in [4.78, 5) is 15.9. The van der Waals surface area contributed by atoms with Gasteiger partial charge >= 0.3 is 0 Å². The van der Waals surface area contributed by atoms with Crippen molar-refractivity contribution in [3.63, 3.8) is 0 Å². The third-order valence-corrected chi connectivity index (χ3v) is 2.58. The van der Waals surface area contributed by atoms with Crippen LogP contribution in [-0.4, -0.2) is 22.6 Å². The fourth-order valence-corrected chi connectivity index (χ4v) is 1.61. The molecule has 1 amide bonds. The average molecular weight is 246 g/mol. The van der Waals surface area contributed by atoms with Crippen molar-refractivity contribution in [3.8, 4) is 0 Å². The number of aromatic nitrogens is 1. The lowest BCUT2D eigenvalue weighted by molar-refractivity contribution is -0.124. The molecule has 5 nitrogen and oxygen atoms in total. The minimum atomic E-state index is -0.670. The molecule has 1 atom stereocenters. The van der Waals surface area contributed by atoms with Gasteiger partial charge in [0.1, 0.15) is 11.7 Å². The van der Waals surface area contributed by atoms with Crippen molar-refractivity contribution in [1.82, 2.24) is 10.3 Å². The van der Waals surface area contributed by atoms with Crippen molar-refractivity contribution in [1.29, 1.82) is 0 Å². The van der Waals surface area contributed by atoms with Gasteiger partial charge in [-0.05, 0) is 23.8 Å². The van der Waals surface area contributed by atoms with Crippen LogP contribution in [0.4, 0.5) is 0 Å². The molecule has 0 spiro atoms. The highest BCUT2D eigenvalue weighted by Gasteiger charge is 2.21. The lowest BCUT2D eigenvalue weighted by atomic mass is 10.1. The predicted octanol–water partition coefficient (Wildman–Crippen LogP) is 1.07. The summed E-state index contributed by atoms with van der Waals surface area (Å²) in [6.07, 6.45) is 4.83.